The zero-order chi connectivity index (χ0) is 19.3. The Kier molecular flexibility index (Phi) is 6.92. The maximum Gasteiger partial charge on any atom is 0.141 e. The molecule has 1 heterocycles. The van der Waals surface area contributed by atoms with Gasteiger partial charge >= 0.3 is 0 Å². The molecule has 0 fully saturated rings. The first-order valence-electron chi connectivity index (χ1n) is 8.74. The van der Waals surface area contributed by atoms with Crippen molar-refractivity contribution in [3.05, 3.63) is 87.5 Å². The van der Waals surface area contributed by atoms with Gasteiger partial charge in [0.25, 0.3) is 0 Å². The molecule has 3 rings (SSSR count). The number of aromatic amines is 1. The molecule has 0 aliphatic heterocycles. The fourth-order valence-corrected chi connectivity index (χ4v) is 3.01. The van der Waals surface area contributed by atoms with Gasteiger partial charge in [-0.1, -0.05) is 50.6 Å². The Labute approximate surface area is 158 Å². The van der Waals surface area contributed by atoms with Crippen LogP contribution in [0.15, 0.2) is 42.6 Å². The second-order valence-electron chi connectivity index (χ2n) is 5.76. The van der Waals surface area contributed by atoms with E-state index < -0.39 is 5.82 Å². The van der Waals surface area contributed by atoms with Crippen LogP contribution in [0.5, 0.6) is 0 Å². The molecule has 1 unspecified atom stereocenters. The molecule has 26 heavy (non-hydrogen) atoms. The van der Waals surface area contributed by atoms with Gasteiger partial charge in [0, 0.05) is 11.9 Å². The topological polar surface area (TPSA) is 28.7 Å². The lowest BCUT2D eigenvalue weighted by molar-refractivity contribution is 0.610. The maximum absolute atomic E-state index is 13.9. The summed E-state index contributed by atoms with van der Waals surface area (Å²) < 4.78 is 27.4. The Balaban J connectivity index is 0.00000117. The molecule has 138 valence electrons. The number of hydrogen-bond donors (Lipinski definition) is 1. The third-order valence-electron chi connectivity index (χ3n) is 4.06. The number of hydrogen-bond acceptors (Lipinski definition) is 1. The molecule has 2 nitrogen and oxygen atoms in total. The van der Waals surface area contributed by atoms with Crippen molar-refractivity contribution in [1.82, 2.24) is 9.97 Å². The number of aryl methyl sites for hydroxylation is 2. The Hall–Kier alpha value is -2.20. The van der Waals surface area contributed by atoms with Gasteiger partial charge in [-0.2, -0.15) is 0 Å². The summed E-state index contributed by atoms with van der Waals surface area (Å²) in [7, 11) is 0. The van der Waals surface area contributed by atoms with E-state index in [1.165, 1.54) is 12.1 Å². The number of halogens is 3. The fourth-order valence-electron chi connectivity index (χ4n) is 2.82. The number of nitrogens with zero attached hydrogens (tertiary/aromatic N) is 1. The second kappa shape index (κ2) is 8.95. The number of rotatable bonds is 4. The first-order chi connectivity index (χ1) is 12.5. The maximum atomic E-state index is 13.9. The minimum absolute atomic E-state index is 0.0543. The first kappa shape index (κ1) is 20.1. The predicted octanol–water partition coefficient (Wildman–Crippen LogP) is 6.42. The third-order valence-corrected chi connectivity index (χ3v) is 4.35. The van der Waals surface area contributed by atoms with E-state index in [0.717, 1.165) is 16.8 Å². The molecule has 0 amide bonds. The molecule has 0 spiro atoms. The summed E-state index contributed by atoms with van der Waals surface area (Å²) >= 11 is 5.96. The third kappa shape index (κ3) is 4.31. The minimum Gasteiger partial charge on any atom is -0.345 e. The lowest BCUT2D eigenvalue weighted by Crippen LogP contribution is -2.07. The summed E-state index contributed by atoms with van der Waals surface area (Å²) in [5.41, 5.74) is 3.23. The average Bonchev–Trinajstić information content (AvgIpc) is 3.07. The van der Waals surface area contributed by atoms with Gasteiger partial charge in [0.15, 0.2) is 0 Å². The van der Waals surface area contributed by atoms with Gasteiger partial charge in [-0.05, 0) is 48.2 Å². The molecular weight excluding hydrogens is 354 g/mol. The average molecular weight is 377 g/mol. The van der Waals surface area contributed by atoms with Crippen molar-refractivity contribution in [3.63, 3.8) is 0 Å². The summed E-state index contributed by atoms with van der Waals surface area (Å²) in [5.74, 6) is -0.262. The molecule has 0 saturated carbocycles. The zero-order valence-corrected chi connectivity index (χ0v) is 16.2. The molecule has 0 aliphatic rings. The molecule has 1 atom stereocenters. The van der Waals surface area contributed by atoms with E-state index >= 15 is 0 Å². The molecule has 0 aliphatic carbocycles. The highest BCUT2D eigenvalue weighted by atomic mass is 35.5. The Bertz CT molecular complexity index is 874. The van der Waals surface area contributed by atoms with Gasteiger partial charge in [0.2, 0.25) is 0 Å². The number of imidazole rings is 1. The molecule has 1 aromatic heterocycles. The highest BCUT2D eigenvalue weighted by Gasteiger charge is 2.21. The number of aromatic nitrogens is 2. The monoisotopic (exact) mass is 376 g/mol. The van der Waals surface area contributed by atoms with Crippen molar-refractivity contribution in [2.45, 2.75) is 40.0 Å². The highest BCUT2D eigenvalue weighted by Crippen LogP contribution is 2.33. The van der Waals surface area contributed by atoms with Crippen LogP contribution in [0.2, 0.25) is 5.02 Å². The summed E-state index contributed by atoms with van der Waals surface area (Å²) in [6.45, 7) is 7.82. The van der Waals surface area contributed by atoms with Crippen molar-refractivity contribution in [3.8, 4) is 0 Å². The lowest BCUT2D eigenvalue weighted by atomic mass is 9.89. The van der Waals surface area contributed by atoms with Crippen molar-refractivity contribution < 1.29 is 8.78 Å². The van der Waals surface area contributed by atoms with Crippen molar-refractivity contribution in [2.75, 3.05) is 0 Å². The van der Waals surface area contributed by atoms with Gasteiger partial charge in [-0.15, -0.1) is 0 Å². The van der Waals surface area contributed by atoms with E-state index in [1.54, 1.807) is 24.4 Å². The first-order valence-corrected chi connectivity index (χ1v) is 9.12. The number of benzene rings is 2. The van der Waals surface area contributed by atoms with E-state index in [1.807, 2.05) is 33.8 Å². The van der Waals surface area contributed by atoms with E-state index in [2.05, 4.69) is 9.97 Å². The van der Waals surface area contributed by atoms with Gasteiger partial charge in [-0.3, -0.25) is 0 Å². The van der Waals surface area contributed by atoms with Crippen LogP contribution in [0.25, 0.3) is 0 Å². The lowest BCUT2D eigenvalue weighted by Gasteiger charge is -2.18. The standard InChI is InChI=1S/C19H17ClF2N2.C2H6/c1-3-12-8-13(4-6-16(12)21)18(19-23-10-11(2)24-19)14-5-7-17(22)15(20)9-14;1-2/h4-10,18H,3H2,1-2H3,(H,23,24);1-2H3. The van der Waals surface area contributed by atoms with Gasteiger partial charge < -0.3 is 4.98 Å². The van der Waals surface area contributed by atoms with E-state index in [0.29, 0.717) is 17.8 Å². The van der Waals surface area contributed by atoms with Crippen LogP contribution in [-0.2, 0) is 6.42 Å². The fraction of sp³-hybridized carbons (Fsp3) is 0.286. The molecule has 0 bridgehead atoms. The van der Waals surface area contributed by atoms with Crippen molar-refractivity contribution in [1.29, 1.82) is 0 Å². The molecule has 5 heteroatoms. The SMILES string of the molecule is CC.CCc1cc(C(c2ccc(F)c(Cl)c2)c2ncc(C)[nH]2)ccc1F. The van der Waals surface area contributed by atoms with E-state index in [-0.39, 0.29) is 16.8 Å². The van der Waals surface area contributed by atoms with Crippen LogP contribution in [-0.4, -0.2) is 9.97 Å². The Morgan fingerprint density at radius 3 is 2.19 bits per heavy atom. The van der Waals surface area contributed by atoms with Crippen LogP contribution < -0.4 is 0 Å². The minimum atomic E-state index is -0.469. The van der Waals surface area contributed by atoms with Crippen LogP contribution >= 0.6 is 11.6 Å². The number of H-pyrrole nitrogens is 1. The highest BCUT2D eigenvalue weighted by molar-refractivity contribution is 6.30. The van der Waals surface area contributed by atoms with E-state index in [4.69, 9.17) is 11.6 Å². The smallest absolute Gasteiger partial charge is 0.141 e. The van der Waals surface area contributed by atoms with Crippen molar-refractivity contribution >= 4 is 11.6 Å². The Morgan fingerprint density at radius 2 is 1.65 bits per heavy atom. The summed E-state index contributed by atoms with van der Waals surface area (Å²) in [6.07, 6.45) is 2.32. The Morgan fingerprint density at radius 1 is 1.04 bits per heavy atom. The molecule has 2 aromatic carbocycles. The van der Waals surface area contributed by atoms with Gasteiger partial charge in [0.1, 0.15) is 17.5 Å². The van der Waals surface area contributed by atoms with Crippen LogP contribution in [0.1, 0.15) is 54.9 Å². The van der Waals surface area contributed by atoms with Crippen LogP contribution in [0, 0.1) is 18.6 Å². The molecule has 3 aromatic rings. The summed E-state index contributed by atoms with van der Waals surface area (Å²) in [4.78, 5) is 7.63. The largest absolute Gasteiger partial charge is 0.345 e. The molecule has 0 radical (unpaired) electrons. The van der Waals surface area contributed by atoms with Crippen LogP contribution in [0.3, 0.4) is 0 Å². The molecular formula is C21H23ClF2N2. The van der Waals surface area contributed by atoms with Crippen molar-refractivity contribution in [2.24, 2.45) is 0 Å². The van der Waals surface area contributed by atoms with Gasteiger partial charge in [0.05, 0.1) is 10.9 Å². The predicted molar refractivity (Wildman–Crippen MR) is 103 cm³/mol. The number of nitrogens with one attached hydrogen (secondary N) is 1. The molecule has 1 N–H and O–H groups in total. The summed E-state index contributed by atoms with van der Waals surface area (Å²) in [6, 6.07) is 9.63. The zero-order valence-electron chi connectivity index (χ0n) is 15.4. The second-order valence-corrected chi connectivity index (χ2v) is 6.17. The molecule has 0 saturated heterocycles. The quantitative estimate of drug-likeness (QED) is 0.559. The van der Waals surface area contributed by atoms with Gasteiger partial charge in [-0.25, -0.2) is 13.8 Å². The van der Waals surface area contributed by atoms with E-state index in [9.17, 15) is 8.78 Å². The normalized spacial score (nSPS) is 11.7. The summed E-state index contributed by atoms with van der Waals surface area (Å²) in [5, 5.41) is 0.0543. The van der Waals surface area contributed by atoms with Crippen LogP contribution in [0.4, 0.5) is 8.78 Å².